The molecule has 5 nitrogen and oxygen atoms in total. The summed E-state index contributed by atoms with van der Waals surface area (Å²) >= 11 is 0. The van der Waals surface area contributed by atoms with Crippen LogP contribution in [0.2, 0.25) is 0 Å². The average Bonchev–Trinajstić information content (AvgIpc) is 2.94. The van der Waals surface area contributed by atoms with Crippen LogP contribution < -0.4 is 11.1 Å². The summed E-state index contributed by atoms with van der Waals surface area (Å²) in [5.74, 6) is 1.66. The van der Waals surface area contributed by atoms with Gasteiger partial charge in [-0.25, -0.2) is 0 Å². The van der Waals surface area contributed by atoms with E-state index in [0.717, 1.165) is 25.5 Å². The van der Waals surface area contributed by atoms with Gasteiger partial charge in [-0.3, -0.25) is 0 Å². The van der Waals surface area contributed by atoms with E-state index in [2.05, 4.69) is 27.0 Å². The first-order chi connectivity index (χ1) is 7.85. The Bertz CT molecular complexity index is 322. The summed E-state index contributed by atoms with van der Waals surface area (Å²) in [4.78, 5) is 0. The fourth-order valence-corrected chi connectivity index (χ4v) is 2.49. The Balaban J connectivity index is 1.87. The molecule has 1 aromatic rings. The van der Waals surface area contributed by atoms with E-state index in [4.69, 9.17) is 5.73 Å². The molecule has 3 N–H and O–H groups in total. The monoisotopic (exact) mass is 223 g/mol. The van der Waals surface area contributed by atoms with Gasteiger partial charge in [-0.15, -0.1) is 10.2 Å². The summed E-state index contributed by atoms with van der Waals surface area (Å²) < 4.78 is 2.07. The van der Waals surface area contributed by atoms with Gasteiger partial charge in [0.15, 0.2) is 0 Å². The molecule has 0 aromatic carbocycles. The van der Waals surface area contributed by atoms with Gasteiger partial charge in [-0.05, 0) is 32.2 Å². The number of aryl methyl sites for hydroxylation is 1. The predicted molar refractivity (Wildman–Crippen MR) is 62.7 cm³/mol. The van der Waals surface area contributed by atoms with Crippen molar-refractivity contribution in [3.05, 3.63) is 12.2 Å². The van der Waals surface area contributed by atoms with Crippen molar-refractivity contribution in [1.29, 1.82) is 0 Å². The van der Waals surface area contributed by atoms with Gasteiger partial charge in [-0.1, -0.05) is 6.42 Å². The molecule has 0 bridgehead atoms. The summed E-state index contributed by atoms with van der Waals surface area (Å²) in [6.07, 6.45) is 5.57. The van der Waals surface area contributed by atoms with Gasteiger partial charge < -0.3 is 15.6 Å². The molecule has 2 atom stereocenters. The maximum atomic E-state index is 5.76. The maximum Gasteiger partial charge on any atom is 0.146 e. The number of hydrogen-bond acceptors (Lipinski definition) is 4. The van der Waals surface area contributed by atoms with E-state index in [1.807, 2.05) is 0 Å². The van der Waals surface area contributed by atoms with Crippen molar-refractivity contribution in [2.75, 3.05) is 6.54 Å². The van der Waals surface area contributed by atoms with Gasteiger partial charge in [0.25, 0.3) is 0 Å². The largest absolute Gasteiger partial charge is 0.330 e. The highest BCUT2D eigenvalue weighted by atomic mass is 15.3. The lowest BCUT2D eigenvalue weighted by Gasteiger charge is -2.19. The molecule has 5 heteroatoms. The van der Waals surface area contributed by atoms with E-state index >= 15 is 0 Å². The number of rotatable bonds is 5. The first-order valence-electron chi connectivity index (χ1n) is 6.15. The quantitative estimate of drug-likeness (QED) is 0.763. The van der Waals surface area contributed by atoms with Crippen LogP contribution in [0.15, 0.2) is 6.33 Å². The van der Waals surface area contributed by atoms with Crippen molar-refractivity contribution in [2.24, 2.45) is 11.7 Å². The van der Waals surface area contributed by atoms with Crippen molar-refractivity contribution in [3.63, 3.8) is 0 Å². The lowest BCUT2D eigenvalue weighted by molar-refractivity contribution is 0.398. The van der Waals surface area contributed by atoms with E-state index in [1.165, 1.54) is 19.3 Å². The third-order valence-electron chi connectivity index (χ3n) is 3.52. The Labute approximate surface area is 96.4 Å². The Hall–Kier alpha value is -0.940. The molecule has 1 heterocycles. The minimum atomic E-state index is 0.562. The molecule has 0 amide bonds. The fourth-order valence-electron chi connectivity index (χ4n) is 2.49. The van der Waals surface area contributed by atoms with E-state index < -0.39 is 0 Å². The maximum absolute atomic E-state index is 5.76. The average molecular weight is 223 g/mol. The molecular formula is C11H21N5. The number of nitrogens with zero attached hydrogens (tertiary/aromatic N) is 3. The molecule has 0 radical (unpaired) electrons. The Morgan fingerprint density at radius 3 is 3.19 bits per heavy atom. The number of aromatic nitrogens is 3. The Morgan fingerprint density at radius 1 is 1.56 bits per heavy atom. The molecule has 0 aliphatic heterocycles. The number of nitrogens with two attached hydrogens (primary N) is 1. The number of hydrogen-bond donors (Lipinski definition) is 2. The highest BCUT2D eigenvalue weighted by Gasteiger charge is 2.25. The van der Waals surface area contributed by atoms with Gasteiger partial charge >= 0.3 is 0 Å². The molecule has 1 saturated carbocycles. The molecule has 0 saturated heterocycles. The summed E-state index contributed by atoms with van der Waals surface area (Å²) in [5, 5.41) is 11.6. The normalized spacial score (nSPS) is 25.1. The van der Waals surface area contributed by atoms with Gasteiger partial charge in [0.1, 0.15) is 12.2 Å². The van der Waals surface area contributed by atoms with Crippen molar-refractivity contribution < 1.29 is 0 Å². The van der Waals surface area contributed by atoms with Crippen molar-refractivity contribution >= 4 is 0 Å². The molecule has 2 unspecified atom stereocenters. The minimum Gasteiger partial charge on any atom is -0.330 e. The van der Waals surface area contributed by atoms with E-state index in [0.29, 0.717) is 12.0 Å². The molecule has 1 aliphatic carbocycles. The number of nitrogens with one attached hydrogen (secondary N) is 1. The Morgan fingerprint density at radius 2 is 2.44 bits per heavy atom. The smallest absolute Gasteiger partial charge is 0.146 e. The zero-order chi connectivity index (χ0) is 11.4. The van der Waals surface area contributed by atoms with E-state index in [-0.39, 0.29) is 0 Å². The summed E-state index contributed by atoms with van der Waals surface area (Å²) in [5.41, 5.74) is 5.76. The Kier molecular flexibility index (Phi) is 3.90. The van der Waals surface area contributed by atoms with Gasteiger partial charge in [0.2, 0.25) is 0 Å². The molecule has 1 fully saturated rings. The van der Waals surface area contributed by atoms with Crippen molar-refractivity contribution in [1.82, 2.24) is 20.1 Å². The van der Waals surface area contributed by atoms with Gasteiger partial charge in [0.05, 0.1) is 6.54 Å². The first kappa shape index (κ1) is 11.5. The fraction of sp³-hybridized carbons (Fsp3) is 0.818. The van der Waals surface area contributed by atoms with Crippen LogP contribution >= 0.6 is 0 Å². The van der Waals surface area contributed by atoms with Crippen LogP contribution in [-0.4, -0.2) is 27.4 Å². The predicted octanol–water partition coefficient (Wildman–Crippen LogP) is 0.515. The minimum absolute atomic E-state index is 0.562. The van der Waals surface area contributed by atoms with Crippen LogP contribution in [0.25, 0.3) is 0 Å². The van der Waals surface area contributed by atoms with Gasteiger partial charge in [-0.2, -0.15) is 0 Å². The SMILES string of the molecule is CCn1cnnc1CNC1CCCC1CN. The lowest BCUT2D eigenvalue weighted by Crippen LogP contribution is -2.36. The molecule has 90 valence electrons. The zero-order valence-corrected chi connectivity index (χ0v) is 9.89. The molecule has 0 spiro atoms. The van der Waals surface area contributed by atoms with E-state index in [9.17, 15) is 0 Å². The van der Waals surface area contributed by atoms with E-state index in [1.54, 1.807) is 6.33 Å². The highest BCUT2D eigenvalue weighted by molar-refractivity contribution is 4.89. The topological polar surface area (TPSA) is 68.8 Å². The second-order valence-corrected chi connectivity index (χ2v) is 4.45. The zero-order valence-electron chi connectivity index (χ0n) is 9.89. The van der Waals surface area contributed by atoms with Crippen LogP contribution in [0, 0.1) is 5.92 Å². The summed E-state index contributed by atoms with van der Waals surface area (Å²) in [6.45, 7) is 4.62. The van der Waals surface area contributed by atoms with Crippen LogP contribution in [0.3, 0.4) is 0 Å². The third-order valence-corrected chi connectivity index (χ3v) is 3.52. The molecule has 2 rings (SSSR count). The molecule has 16 heavy (non-hydrogen) atoms. The molecule has 1 aliphatic rings. The third kappa shape index (κ3) is 2.41. The van der Waals surface area contributed by atoms with Gasteiger partial charge in [0, 0.05) is 12.6 Å². The summed E-state index contributed by atoms with van der Waals surface area (Å²) in [7, 11) is 0. The van der Waals surface area contributed by atoms with Crippen LogP contribution in [0.5, 0.6) is 0 Å². The first-order valence-corrected chi connectivity index (χ1v) is 6.15. The molecule has 1 aromatic heterocycles. The summed E-state index contributed by atoms with van der Waals surface area (Å²) in [6, 6.07) is 0.562. The van der Waals surface area contributed by atoms with Crippen LogP contribution in [0.4, 0.5) is 0 Å². The van der Waals surface area contributed by atoms with Crippen LogP contribution in [0.1, 0.15) is 32.0 Å². The van der Waals surface area contributed by atoms with Crippen LogP contribution in [-0.2, 0) is 13.1 Å². The molecular weight excluding hydrogens is 202 g/mol. The lowest BCUT2D eigenvalue weighted by atomic mass is 10.0. The van der Waals surface area contributed by atoms with Crippen molar-refractivity contribution in [3.8, 4) is 0 Å². The standard InChI is InChI=1S/C11H21N5/c1-2-16-8-14-15-11(16)7-13-10-5-3-4-9(10)6-12/h8-10,13H,2-7,12H2,1H3. The van der Waals surface area contributed by atoms with Crippen molar-refractivity contribution in [2.45, 2.75) is 45.3 Å². The second kappa shape index (κ2) is 5.41. The highest BCUT2D eigenvalue weighted by Crippen LogP contribution is 2.24. The second-order valence-electron chi connectivity index (χ2n) is 4.45.